The summed E-state index contributed by atoms with van der Waals surface area (Å²) < 4.78 is 0. The molecule has 34 heavy (non-hydrogen) atoms. The molecule has 2 amide bonds. The summed E-state index contributed by atoms with van der Waals surface area (Å²) in [7, 11) is 0. The van der Waals surface area contributed by atoms with Crippen LogP contribution in [0.15, 0.2) is 67.0 Å². The first-order valence-electron chi connectivity index (χ1n) is 11.4. The molecule has 0 bridgehead atoms. The number of aryl methyl sites for hydroxylation is 1. The number of rotatable bonds is 5. The third-order valence-electron chi connectivity index (χ3n) is 6.16. The third kappa shape index (κ3) is 4.47. The summed E-state index contributed by atoms with van der Waals surface area (Å²) in [5.74, 6) is 0.647. The Balaban J connectivity index is 1.17. The minimum absolute atomic E-state index is 0.0971. The third-order valence-corrected chi connectivity index (χ3v) is 6.16. The predicted octanol–water partition coefficient (Wildman–Crippen LogP) is 3.41. The lowest BCUT2D eigenvalue weighted by Gasteiger charge is -2.34. The second-order valence-electron chi connectivity index (χ2n) is 8.42. The second kappa shape index (κ2) is 9.35. The number of nitrogens with zero attached hydrogens (tertiary/aromatic N) is 4. The van der Waals surface area contributed by atoms with E-state index in [0.29, 0.717) is 49.8 Å². The van der Waals surface area contributed by atoms with Crippen LogP contribution in [0, 0.1) is 6.92 Å². The van der Waals surface area contributed by atoms with E-state index in [1.54, 1.807) is 18.5 Å². The molecule has 8 nitrogen and oxygen atoms in total. The minimum atomic E-state index is -0.154. The van der Waals surface area contributed by atoms with Gasteiger partial charge in [-0.1, -0.05) is 30.3 Å². The molecular formula is C26H26N6O2. The maximum Gasteiger partial charge on any atom is 0.258 e. The zero-order chi connectivity index (χ0) is 23.5. The standard InChI is InChI=1S/C26H26N6O2/c1-18-24(21-5-2-3-6-22(21)29-18)25(34)30-20-9-7-19(8-10-20)17-23(33)31-13-15-32(16-14-31)26-27-11-4-12-28-26/h2-12,29H,13-17H2,1H3,(H,30,34). The van der Waals surface area contributed by atoms with Crippen molar-refractivity contribution in [2.45, 2.75) is 13.3 Å². The zero-order valence-electron chi connectivity index (χ0n) is 19.0. The van der Waals surface area contributed by atoms with Crippen molar-refractivity contribution in [3.63, 3.8) is 0 Å². The van der Waals surface area contributed by atoms with Crippen molar-refractivity contribution in [1.29, 1.82) is 0 Å². The van der Waals surface area contributed by atoms with Crippen molar-refractivity contribution in [2.75, 3.05) is 36.4 Å². The average molecular weight is 455 g/mol. The number of amides is 2. The molecule has 0 atom stereocenters. The van der Waals surface area contributed by atoms with Crippen molar-refractivity contribution >= 4 is 34.4 Å². The van der Waals surface area contributed by atoms with Gasteiger partial charge in [-0.25, -0.2) is 9.97 Å². The van der Waals surface area contributed by atoms with E-state index in [0.717, 1.165) is 22.2 Å². The number of fused-ring (bicyclic) bond motifs is 1. The predicted molar refractivity (Wildman–Crippen MR) is 132 cm³/mol. The Morgan fingerprint density at radius 1 is 0.941 bits per heavy atom. The Hall–Kier alpha value is -4.20. The molecule has 0 unspecified atom stereocenters. The highest BCUT2D eigenvalue weighted by Gasteiger charge is 2.22. The monoisotopic (exact) mass is 454 g/mol. The minimum Gasteiger partial charge on any atom is -0.358 e. The van der Waals surface area contributed by atoms with E-state index in [9.17, 15) is 9.59 Å². The molecule has 2 N–H and O–H groups in total. The van der Waals surface area contributed by atoms with Gasteiger partial charge in [0.25, 0.3) is 5.91 Å². The molecule has 172 valence electrons. The van der Waals surface area contributed by atoms with Gasteiger partial charge >= 0.3 is 0 Å². The van der Waals surface area contributed by atoms with Crippen molar-refractivity contribution < 1.29 is 9.59 Å². The number of anilines is 2. The van der Waals surface area contributed by atoms with Crippen molar-refractivity contribution in [3.8, 4) is 0 Å². The van der Waals surface area contributed by atoms with Gasteiger partial charge in [0.15, 0.2) is 0 Å². The second-order valence-corrected chi connectivity index (χ2v) is 8.42. The van der Waals surface area contributed by atoms with Crippen LogP contribution in [-0.4, -0.2) is 57.8 Å². The highest BCUT2D eigenvalue weighted by Crippen LogP contribution is 2.23. The molecule has 0 spiro atoms. The van der Waals surface area contributed by atoms with Crippen LogP contribution in [0.1, 0.15) is 21.6 Å². The van der Waals surface area contributed by atoms with Gasteiger partial charge in [0.05, 0.1) is 12.0 Å². The highest BCUT2D eigenvalue weighted by molar-refractivity contribution is 6.13. The summed E-state index contributed by atoms with van der Waals surface area (Å²) in [6, 6.07) is 17.0. The van der Waals surface area contributed by atoms with E-state index in [-0.39, 0.29) is 11.8 Å². The molecule has 0 aliphatic carbocycles. The number of benzene rings is 2. The zero-order valence-corrected chi connectivity index (χ0v) is 19.0. The summed E-state index contributed by atoms with van der Waals surface area (Å²) in [5, 5.41) is 3.87. The van der Waals surface area contributed by atoms with Crippen LogP contribution in [0.3, 0.4) is 0 Å². The molecule has 2 aromatic heterocycles. The van der Waals surface area contributed by atoms with Crippen molar-refractivity contribution in [2.24, 2.45) is 0 Å². The SMILES string of the molecule is Cc1[nH]c2ccccc2c1C(=O)Nc1ccc(CC(=O)N2CCN(c3ncccn3)CC2)cc1. The molecule has 1 aliphatic rings. The average Bonchev–Trinajstić information content (AvgIpc) is 3.21. The van der Waals surface area contributed by atoms with Crippen LogP contribution in [0.5, 0.6) is 0 Å². The maximum atomic E-state index is 12.9. The van der Waals surface area contributed by atoms with Crippen LogP contribution in [-0.2, 0) is 11.2 Å². The molecule has 2 aromatic carbocycles. The Morgan fingerprint density at radius 3 is 2.38 bits per heavy atom. The van der Waals surface area contributed by atoms with Gasteiger partial charge in [-0.3, -0.25) is 9.59 Å². The molecule has 0 radical (unpaired) electrons. The summed E-state index contributed by atoms with van der Waals surface area (Å²) in [6.07, 6.45) is 3.79. The largest absolute Gasteiger partial charge is 0.358 e. The molecule has 0 saturated carbocycles. The van der Waals surface area contributed by atoms with Gasteiger partial charge < -0.3 is 20.1 Å². The van der Waals surface area contributed by atoms with E-state index < -0.39 is 0 Å². The Kier molecular flexibility index (Phi) is 5.95. The van der Waals surface area contributed by atoms with Gasteiger partial charge in [-0.2, -0.15) is 0 Å². The first kappa shape index (κ1) is 21.6. The lowest BCUT2D eigenvalue weighted by atomic mass is 10.1. The lowest BCUT2D eigenvalue weighted by Crippen LogP contribution is -2.49. The number of piperazine rings is 1. The van der Waals surface area contributed by atoms with Gasteiger partial charge in [-0.05, 0) is 36.8 Å². The Bertz CT molecular complexity index is 1310. The lowest BCUT2D eigenvalue weighted by molar-refractivity contribution is -0.130. The van der Waals surface area contributed by atoms with E-state index in [2.05, 4.69) is 25.2 Å². The first-order chi connectivity index (χ1) is 16.6. The molecule has 5 rings (SSSR count). The van der Waals surface area contributed by atoms with Crippen LogP contribution >= 0.6 is 0 Å². The molecule has 1 fully saturated rings. The van der Waals surface area contributed by atoms with Gasteiger partial charge in [-0.15, -0.1) is 0 Å². The number of aromatic nitrogens is 3. The van der Waals surface area contributed by atoms with E-state index in [4.69, 9.17) is 0 Å². The number of hydrogen-bond donors (Lipinski definition) is 2. The summed E-state index contributed by atoms with van der Waals surface area (Å²) in [4.78, 5) is 41.5. The van der Waals surface area contributed by atoms with E-state index in [1.165, 1.54) is 0 Å². The first-order valence-corrected chi connectivity index (χ1v) is 11.4. The Labute approximate surface area is 197 Å². The molecule has 1 saturated heterocycles. The molecular weight excluding hydrogens is 428 g/mol. The van der Waals surface area contributed by atoms with Gasteiger partial charge in [0.2, 0.25) is 11.9 Å². The summed E-state index contributed by atoms with van der Waals surface area (Å²) in [6.45, 7) is 4.63. The van der Waals surface area contributed by atoms with Crippen LogP contribution in [0.2, 0.25) is 0 Å². The topological polar surface area (TPSA) is 94.2 Å². The highest BCUT2D eigenvalue weighted by atomic mass is 16.2. The number of carbonyl (C=O) groups excluding carboxylic acids is 2. The number of para-hydroxylation sites is 1. The van der Waals surface area contributed by atoms with Crippen LogP contribution in [0.25, 0.3) is 10.9 Å². The fraction of sp³-hybridized carbons (Fsp3) is 0.231. The maximum absolute atomic E-state index is 12.9. The number of H-pyrrole nitrogens is 1. The number of hydrogen-bond acceptors (Lipinski definition) is 5. The van der Waals surface area contributed by atoms with E-state index >= 15 is 0 Å². The quantitative estimate of drug-likeness (QED) is 0.482. The van der Waals surface area contributed by atoms with Gasteiger partial charge in [0, 0.05) is 60.9 Å². The molecule has 1 aliphatic heterocycles. The van der Waals surface area contributed by atoms with Crippen LogP contribution in [0.4, 0.5) is 11.6 Å². The Morgan fingerprint density at radius 2 is 1.65 bits per heavy atom. The number of aromatic amines is 1. The molecule has 8 heteroatoms. The fourth-order valence-electron chi connectivity index (χ4n) is 4.37. The molecule has 4 aromatic rings. The normalized spacial score (nSPS) is 13.8. The van der Waals surface area contributed by atoms with Crippen LogP contribution < -0.4 is 10.2 Å². The van der Waals surface area contributed by atoms with Gasteiger partial charge in [0.1, 0.15) is 0 Å². The number of nitrogens with one attached hydrogen (secondary N) is 2. The fourth-order valence-corrected chi connectivity index (χ4v) is 4.37. The summed E-state index contributed by atoms with van der Waals surface area (Å²) in [5.41, 5.74) is 4.04. The van der Waals surface area contributed by atoms with Crippen molar-refractivity contribution in [3.05, 3.63) is 83.8 Å². The van der Waals surface area contributed by atoms with Crippen molar-refractivity contribution in [1.82, 2.24) is 19.9 Å². The molecule has 3 heterocycles. The number of carbonyl (C=O) groups is 2. The smallest absolute Gasteiger partial charge is 0.258 e. The van der Waals surface area contributed by atoms with E-state index in [1.807, 2.05) is 60.4 Å². The summed E-state index contributed by atoms with van der Waals surface area (Å²) >= 11 is 0.